The van der Waals surface area contributed by atoms with Gasteiger partial charge < -0.3 is 0 Å². The predicted octanol–water partition coefficient (Wildman–Crippen LogP) is 7.62. The zero-order valence-corrected chi connectivity index (χ0v) is 29.0. The van der Waals surface area contributed by atoms with E-state index in [1.807, 2.05) is 96.9 Å². The van der Waals surface area contributed by atoms with Crippen LogP contribution in [0, 0.1) is 0 Å². The van der Waals surface area contributed by atoms with Crippen molar-refractivity contribution < 1.29 is 48.7 Å². The minimum Gasteiger partial charge on any atom is -0.298 e. The van der Waals surface area contributed by atoms with Crippen LogP contribution in [0.15, 0.2) is 0 Å². The van der Waals surface area contributed by atoms with E-state index in [9.17, 15) is 9.59 Å². The van der Waals surface area contributed by atoms with Crippen molar-refractivity contribution >= 4 is 23.7 Å². The van der Waals surface area contributed by atoms with Gasteiger partial charge in [-0.25, -0.2) is 29.1 Å². The molecule has 0 spiro atoms. The molecule has 0 atom stereocenters. The van der Waals surface area contributed by atoms with E-state index in [1.54, 1.807) is 0 Å². The van der Waals surface area contributed by atoms with Gasteiger partial charge in [0, 0.05) is 11.5 Å². The van der Waals surface area contributed by atoms with Gasteiger partial charge in [0.05, 0.1) is 35.2 Å². The summed E-state index contributed by atoms with van der Waals surface area (Å²) in [7, 11) is 0. The monoisotopic (exact) mass is 610 g/mol. The average Bonchev–Trinajstić information content (AvgIpc) is 2.81. The topological polar surface area (TPSA) is 108 Å². The molecule has 0 aliphatic carbocycles. The Morgan fingerprint density at radius 1 is 0.439 bits per heavy atom. The highest BCUT2D eigenvalue weighted by molar-refractivity contribution is 7.99. The molecule has 0 aromatic rings. The van der Waals surface area contributed by atoms with Gasteiger partial charge in [-0.05, 0) is 123 Å². The van der Waals surface area contributed by atoms with Crippen molar-refractivity contribution in [2.24, 2.45) is 0 Å². The molecule has 0 rings (SSSR count). The lowest BCUT2D eigenvalue weighted by Crippen LogP contribution is -2.34. The molecule has 0 aliphatic rings. The number of hydrogen-bond acceptors (Lipinski definition) is 11. The summed E-state index contributed by atoms with van der Waals surface area (Å²) in [6.07, 6.45) is 2.77. The lowest BCUT2D eigenvalue weighted by atomic mass is 9.94. The maximum atomic E-state index is 12.1. The minimum atomic E-state index is -0.689. The second-order valence-electron chi connectivity index (χ2n) is 14.8. The van der Waals surface area contributed by atoms with Crippen LogP contribution in [0.1, 0.15) is 135 Å². The van der Waals surface area contributed by atoms with Gasteiger partial charge in [0.15, 0.2) is 0 Å². The summed E-state index contributed by atoms with van der Waals surface area (Å²) in [6.45, 7) is 26.6. The van der Waals surface area contributed by atoms with Crippen molar-refractivity contribution in [3.05, 3.63) is 0 Å². The fourth-order valence-electron chi connectivity index (χ4n) is 2.66. The van der Waals surface area contributed by atoms with Crippen LogP contribution in [0.2, 0.25) is 0 Å². The minimum absolute atomic E-state index is 0.157. The van der Waals surface area contributed by atoms with Crippen LogP contribution < -0.4 is 0 Å². The Hall–Kier alpha value is -0.950. The molecule has 0 radical (unpaired) electrons. The molecule has 0 aromatic heterocycles. The van der Waals surface area contributed by atoms with E-state index in [4.69, 9.17) is 39.1 Å². The standard InChI is InChI=1S/C30H58O10S/c1-25(2,3)35-39-29(11,12)19-17-27(7,8)37-33-23(31)15-21-41-22-16-24(32)34-38-28(9,10)18-20-30(13,14)40-36-26(4,5)6/h15-22H2,1-14H3. The van der Waals surface area contributed by atoms with Gasteiger partial charge in [0.1, 0.15) is 11.2 Å². The fraction of sp³-hybridized carbons (Fsp3) is 0.933. The molecule has 0 aromatic carbocycles. The molecule has 0 saturated carbocycles. The Bertz CT molecular complexity index is 715. The highest BCUT2D eigenvalue weighted by Crippen LogP contribution is 2.28. The number of carbonyl (C=O) groups is 2. The summed E-state index contributed by atoms with van der Waals surface area (Å²) in [5, 5.41) is 0. The Morgan fingerprint density at radius 2 is 0.707 bits per heavy atom. The van der Waals surface area contributed by atoms with Gasteiger partial charge in [-0.3, -0.25) is 9.78 Å². The first kappa shape index (κ1) is 40.1. The van der Waals surface area contributed by atoms with Crippen molar-refractivity contribution in [3.63, 3.8) is 0 Å². The number of hydrogen-bond donors (Lipinski definition) is 0. The highest BCUT2D eigenvalue weighted by atomic mass is 32.2. The van der Waals surface area contributed by atoms with E-state index in [2.05, 4.69) is 0 Å². The maximum absolute atomic E-state index is 12.1. The van der Waals surface area contributed by atoms with Crippen molar-refractivity contribution in [1.29, 1.82) is 0 Å². The molecule has 0 N–H and O–H groups in total. The molecular formula is C30H58O10S. The van der Waals surface area contributed by atoms with Crippen molar-refractivity contribution in [2.45, 2.75) is 169 Å². The summed E-state index contributed by atoms with van der Waals surface area (Å²) in [6, 6.07) is 0. The van der Waals surface area contributed by atoms with Crippen LogP contribution in [-0.2, 0) is 48.7 Å². The van der Waals surface area contributed by atoms with Crippen LogP contribution in [-0.4, -0.2) is 57.1 Å². The lowest BCUT2D eigenvalue weighted by Gasteiger charge is -2.31. The number of rotatable bonds is 20. The van der Waals surface area contributed by atoms with Gasteiger partial charge in [-0.1, -0.05) is 0 Å². The molecule has 0 heterocycles. The third-order valence-electron chi connectivity index (χ3n) is 5.31. The number of thioether (sulfide) groups is 1. The van der Waals surface area contributed by atoms with Crippen LogP contribution >= 0.6 is 11.8 Å². The van der Waals surface area contributed by atoms with Gasteiger partial charge in [-0.15, -0.1) is 0 Å². The summed E-state index contributed by atoms with van der Waals surface area (Å²) >= 11 is 1.44. The second-order valence-corrected chi connectivity index (χ2v) is 16.0. The molecular weight excluding hydrogens is 552 g/mol. The molecule has 0 aliphatic heterocycles. The smallest absolute Gasteiger partial charge is 0.298 e. The molecule has 41 heavy (non-hydrogen) atoms. The Labute approximate surface area is 252 Å². The largest absolute Gasteiger partial charge is 0.343 e. The summed E-state index contributed by atoms with van der Waals surface area (Å²) in [4.78, 5) is 67.0. The van der Waals surface area contributed by atoms with Crippen LogP contribution in [0.4, 0.5) is 0 Å². The lowest BCUT2D eigenvalue weighted by molar-refractivity contribution is -0.400. The van der Waals surface area contributed by atoms with E-state index in [-0.39, 0.29) is 12.8 Å². The fourth-order valence-corrected chi connectivity index (χ4v) is 3.49. The first-order valence-electron chi connectivity index (χ1n) is 14.4. The maximum Gasteiger partial charge on any atom is 0.343 e. The third kappa shape index (κ3) is 24.2. The Morgan fingerprint density at radius 3 is 0.976 bits per heavy atom. The van der Waals surface area contributed by atoms with Crippen LogP contribution in [0.3, 0.4) is 0 Å². The second kappa shape index (κ2) is 16.8. The predicted molar refractivity (Wildman–Crippen MR) is 160 cm³/mol. The molecule has 10 nitrogen and oxygen atoms in total. The average molecular weight is 611 g/mol. The van der Waals surface area contributed by atoms with Gasteiger partial charge in [0.25, 0.3) is 0 Å². The van der Waals surface area contributed by atoms with E-state index in [0.717, 1.165) is 0 Å². The summed E-state index contributed by atoms with van der Waals surface area (Å²) < 4.78 is 0. The van der Waals surface area contributed by atoms with E-state index in [1.165, 1.54) is 11.8 Å². The Balaban J connectivity index is 4.15. The first-order chi connectivity index (χ1) is 18.3. The molecule has 0 fully saturated rings. The molecule has 244 valence electrons. The normalized spacial score (nSPS) is 13.8. The molecule has 0 bridgehead atoms. The van der Waals surface area contributed by atoms with Gasteiger partial charge in [0.2, 0.25) is 0 Å². The quantitative estimate of drug-likeness (QED) is 0.0771. The SMILES string of the molecule is CC(C)(C)OOC(C)(C)CCC(C)(C)OOC(=O)CCSCCC(=O)OOC(C)(C)CCC(C)(C)OOC(C)(C)C. The van der Waals surface area contributed by atoms with Gasteiger partial charge >= 0.3 is 11.9 Å². The van der Waals surface area contributed by atoms with Crippen molar-refractivity contribution in [1.82, 2.24) is 0 Å². The summed E-state index contributed by atoms with van der Waals surface area (Å²) in [5.41, 5.74) is -3.24. The molecule has 0 amide bonds. The summed E-state index contributed by atoms with van der Waals surface area (Å²) in [5.74, 6) is 0.0343. The van der Waals surface area contributed by atoms with E-state index in [0.29, 0.717) is 37.2 Å². The zero-order chi connectivity index (χ0) is 32.2. The van der Waals surface area contributed by atoms with Crippen molar-refractivity contribution in [2.75, 3.05) is 11.5 Å². The van der Waals surface area contributed by atoms with E-state index >= 15 is 0 Å². The van der Waals surface area contributed by atoms with Gasteiger partial charge in [-0.2, -0.15) is 21.5 Å². The Kier molecular flexibility index (Phi) is 16.4. The zero-order valence-electron chi connectivity index (χ0n) is 28.1. The van der Waals surface area contributed by atoms with E-state index < -0.39 is 45.5 Å². The van der Waals surface area contributed by atoms with Crippen molar-refractivity contribution in [3.8, 4) is 0 Å². The third-order valence-corrected chi connectivity index (χ3v) is 6.30. The highest BCUT2D eigenvalue weighted by Gasteiger charge is 2.31. The molecule has 11 heteroatoms. The molecule has 0 saturated heterocycles. The van der Waals surface area contributed by atoms with Crippen LogP contribution in [0.5, 0.6) is 0 Å². The number of carbonyl (C=O) groups excluding carboxylic acids is 2. The first-order valence-corrected chi connectivity index (χ1v) is 15.6. The molecule has 0 unspecified atom stereocenters. The van der Waals surface area contributed by atoms with Crippen LogP contribution in [0.25, 0.3) is 0 Å².